The summed E-state index contributed by atoms with van der Waals surface area (Å²) in [5.74, 6) is 0.304. The lowest BCUT2D eigenvalue weighted by Gasteiger charge is -2.25. The molecule has 0 bridgehead atoms. The number of hydrogen-bond acceptors (Lipinski definition) is 5. The third kappa shape index (κ3) is 3.19. The lowest BCUT2D eigenvalue weighted by Crippen LogP contribution is -2.20. The van der Waals surface area contributed by atoms with E-state index in [1.807, 2.05) is 0 Å². The van der Waals surface area contributed by atoms with Crippen LogP contribution in [-0.4, -0.2) is 54.4 Å². The van der Waals surface area contributed by atoms with Gasteiger partial charge in [-0.3, -0.25) is 4.99 Å². The molecule has 0 radical (unpaired) electrons. The van der Waals surface area contributed by atoms with Gasteiger partial charge in [-0.1, -0.05) is 0 Å². The molecule has 1 aromatic carbocycles. The lowest BCUT2D eigenvalue weighted by molar-refractivity contribution is 0.0688. The predicted octanol–water partition coefficient (Wildman–Crippen LogP) is 3.34. The third-order valence-corrected chi connectivity index (χ3v) is 5.05. The van der Waals surface area contributed by atoms with Crippen LogP contribution in [0.2, 0.25) is 0 Å². The minimum absolute atomic E-state index is 0.244. The highest BCUT2D eigenvalue weighted by Gasteiger charge is 2.27. The van der Waals surface area contributed by atoms with Gasteiger partial charge in [0, 0.05) is 36.4 Å². The molecule has 0 atom stereocenters. The van der Waals surface area contributed by atoms with Gasteiger partial charge >= 0.3 is 0 Å². The molecule has 0 unspecified atom stereocenters. The second-order valence-corrected chi connectivity index (χ2v) is 7.32. The van der Waals surface area contributed by atoms with Gasteiger partial charge in [0.2, 0.25) is 5.88 Å². The zero-order valence-corrected chi connectivity index (χ0v) is 15.5. The van der Waals surface area contributed by atoms with Crippen LogP contribution in [0, 0.1) is 0 Å². The zero-order chi connectivity index (χ0) is 18.1. The van der Waals surface area contributed by atoms with Gasteiger partial charge in [0.1, 0.15) is 0 Å². The number of anilines is 1. The van der Waals surface area contributed by atoms with E-state index in [1.54, 1.807) is 0 Å². The van der Waals surface area contributed by atoms with E-state index in [1.165, 1.54) is 0 Å². The van der Waals surface area contributed by atoms with Crippen molar-refractivity contribution in [2.24, 2.45) is 4.99 Å². The summed E-state index contributed by atoms with van der Waals surface area (Å²) in [5, 5.41) is 15.6. The molecule has 0 aliphatic carbocycles. The highest BCUT2D eigenvalue weighted by atomic mass is 16.5. The molecule has 2 aliphatic heterocycles. The Balaban J connectivity index is 1.88. The lowest BCUT2D eigenvalue weighted by atomic mass is 10.1. The molecule has 0 amide bonds. The number of benzene rings is 1. The first-order valence-corrected chi connectivity index (χ1v) is 9.48. The number of aliphatic imine (C=N–C) groups is 1. The summed E-state index contributed by atoms with van der Waals surface area (Å²) in [4.78, 5) is 4.63. The average Bonchev–Trinajstić information content (AvgIpc) is 2.94. The Labute approximate surface area is 153 Å². The summed E-state index contributed by atoms with van der Waals surface area (Å²) in [6.07, 6.45) is 1.82. The fraction of sp³-hybridized carbons (Fsp3) is 0.550. The number of aromatic nitrogens is 1. The maximum absolute atomic E-state index is 11.2. The second-order valence-electron chi connectivity index (χ2n) is 7.32. The fourth-order valence-electron chi connectivity index (χ4n) is 3.93. The fourth-order valence-corrected chi connectivity index (χ4v) is 3.93. The Morgan fingerprint density at radius 3 is 2.69 bits per heavy atom. The molecule has 1 aromatic heterocycles. The van der Waals surface area contributed by atoms with E-state index in [2.05, 4.69) is 46.9 Å². The van der Waals surface area contributed by atoms with Crippen LogP contribution in [0.5, 0.6) is 5.88 Å². The molecule has 0 spiro atoms. The summed E-state index contributed by atoms with van der Waals surface area (Å²) >= 11 is 0. The summed E-state index contributed by atoms with van der Waals surface area (Å²) in [6, 6.07) is 6.90. The number of fused-ring (bicyclic) bond motifs is 1. The monoisotopic (exact) mass is 357 g/mol. The van der Waals surface area contributed by atoms with E-state index in [4.69, 9.17) is 9.47 Å². The number of ether oxygens (including phenoxy) is 2. The van der Waals surface area contributed by atoms with Crippen LogP contribution in [0.4, 0.5) is 5.69 Å². The molecule has 26 heavy (non-hydrogen) atoms. The third-order valence-electron chi connectivity index (χ3n) is 5.05. The molecule has 1 fully saturated rings. The molecule has 3 heterocycles. The van der Waals surface area contributed by atoms with Gasteiger partial charge in [-0.05, 0) is 44.9 Å². The van der Waals surface area contributed by atoms with Gasteiger partial charge < -0.3 is 24.5 Å². The van der Waals surface area contributed by atoms with Crippen molar-refractivity contribution in [3.63, 3.8) is 0 Å². The van der Waals surface area contributed by atoms with Crippen molar-refractivity contribution >= 4 is 22.3 Å². The Morgan fingerprint density at radius 2 is 2.00 bits per heavy atom. The van der Waals surface area contributed by atoms with E-state index in [-0.39, 0.29) is 6.04 Å². The molecule has 1 saturated heterocycles. The van der Waals surface area contributed by atoms with Crippen molar-refractivity contribution in [3.05, 3.63) is 23.8 Å². The van der Waals surface area contributed by atoms with E-state index in [9.17, 15) is 5.11 Å². The predicted molar refractivity (Wildman–Crippen MR) is 104 cm³/mol. The van der Waals surface area contributed by atoms with Crippen molar-refractivity contribution in [1.29, 1.82) is 0 Å². The number of hydrogen-bond donors (Lipinski definition) is 2. The van der Waals surface area contributed by atoms with Crippen molar-refractivity contribution in [2.45, 2.75) is 38.8 Å². The van der Waals surface area contributed by atoms with Crippen LogP contribution in [0.1, 0.15) is 38.3 Å². The molecule has 4 rings (SSSR count). The van der Waals surface area contributed by atoms with Gasteiger partial charge in [0.15, 0.2) is 0 Å². The first-order chi connectivity index (χ1) is 12.6. The van der Waals surface area contributed by atoms with Crippen LogP contribution in [-0.2, 0) is 9.47 Å². The number of rotatable bonds is 4. The molecule has 140 valence electrons. The van der Waals surface area contributed by atoms with E-state index in [0.29, 0.717) is 31.7 Å². The Morgan fingerprint density at radius 1 is 1.19 bits per heavy atom. The highest BCUT2D eigenvalue weighted by Crippen LogP contribution is 2.39. The van der Waals surface area contributed by atoms with Gasteiger partial charge in [-0.15, -0.1) is 0 Å². The summed E-state index contributed by atoms with van der Waals surface area (Å²) in [5.41, 5.74) is 3.76. The van der Waals surface area contributed by atoms with E-state index >= 15 is 0 Å². The van der Waals surface area contributed by atoms with Crippen LogP contribution < -0.4 is 5.32 Å². The number of nitrogens with one attached hydrogen (secondary N) is 1. The zero-order valence-electron chi connectivity index (χ0n) is 15.5. The number of nitrogens with zero attached hydrogens (tertiary/aromatic N) is 2. The first kappa shape index (κ1) is 17.4. The van der Waals surface area contributed by atoms with E-state index in [0.717, 1.165) is 53.9 Å². The van der Waals surface area contributed by atoms with Gasteiger partial charge in [0.05, 0.1) is 36.6 Å². The molecular weight excluding hydrogens is 330 g/mol. The minimum atomic E-state index is 0.244. The van der Waals surface area contributed by atoms with Gasteiger partial charge in [-0.2, -0.15) is 0 Å². The molecule has 6 nitrogen and oxygen atoms in total. The summed E-state index contributed by atoms with van der Waals surface area (Å²) < 4.78 is 13.2. The maximum Gasteiger partial charge on any atom is 0.201 e. The molecule has 2 aliphatic rings. The average molecular weight is 357 g/mol. The Bertz CT molecular complexity index is 819. The molecular formula is C20H27N3O3. The molecule has 6 heteroatoms. The molecule has 2 N–H and O–H groups in total. The van der Waals surface area contributed by atoms with Crippen molar-refractivity contribution < 1.29 is 14.6 Å². The normalized spacial score (nSPS) is 19.1. The van der Waals surface area contributed by atoms with Crippen LogP contribution >= 0.6 is 0 Å². The Hall–Kier alpha value is -2.05. The Kier molecular flexibility index (Phi) is 4.87. The van der Waals surface area contributed by atoms with E-state index < -0.39 is 0 Å². The standard InChI is InChI=1S/C20H27N3O3/c1-13(2)22-14-3-4-18-16(11-14)19(17-12-26-10-7-21-17)20(24)23(18)15-5-8-25-9-6-15/h3-4,11,13,15,22,24H,5-10,12H2,1-2H3. The van der Waals surface area contributed by atoms with Crippen LogP contribution in [0.25, 0.3) is 10.9 Å². The van der Waals surface area contributed by atoms with Crippen LogP contribution in [0.15, 0.2) is 23.2 Å². The van der Waals surface area contributed by atoms with Crippen molar-refractivity contribution in [3.8, 4) is 5.88 Å². The maximum atomic E-state index is 11.2. The van der Waals surface area contributed by atoms with Crippen molar-refractivity contribution in [2.75, 3.05) is 38.3 Å². The summed E-state index contributed by atoms with van der Waals surface area (Å²) in [7, 11) is 0. The topological polar surface area (TPSA) is 68.0 Å². The number of aromatic hydroxyl groups is 1. The van der Waals surface area contributed by atoms with Crippen LogP contribution in [0.3, 0.4) is 0 Å². The van der Waals surface area contributed by atoms with Crippen molar-refractivity contribution in [1.82, 2.24) is 4.57 Å². The minimum Gasteiger partial charge on any atom is -0.494 e. The SMILES string of the molecule is CC(C)Nc1ccc2c(c1)c(C1=NCCOC1)c(O)n2C1CCOCC1. The quantitative estimate of drug-likeness (QED) is 0.881. The molecule has 0 saturated carbocycles. The van der Waals surface area contributed by atoms with Gasteiger partial charge in [-0.25, -0.2) is 0 Å². The highest BCUT2D eigenvalue weighted by molar-refractivity contribution is 6.14. The largest absolute Gasteiger partial charge is 0.494 e. The van der Waals surface area contributed by atoms with Gasteiger partial charge in [0.25, 0.3) is 0 Å². The first-order valence-electron chi connectivity index (χ1n) is 9.48. The summed E-state index contributed by atoms with van der Waals surface area (Å²) in [6.45, 7) is 7.43. The smallest absolute Gasteiger partial charge is 0.201 e. The second kappa shape index (κ2) is 7.29. The molecule has 2 aromatic rings.